The van der Waals surface area contributed by atoms with Gasteiger partial charge in [0, 0.05) is 50.8 Å². The number of benzene rings is 11. The van der Waals surface area contributed by atoms with Gasteiger partial charge in [-0.3, -0.25) is 0 Å². The largest absolute Gasteiger partial charge is 0.456 e. The minimum absolute atomic E-state index is 0.852. The summed E-state index contributed by atoms with van der Waals surface area (Å²) in [7, 11) is 0. The molecule has 0 N–H and O–H groups in total. The molecular formula is C64H44N2O. The average Bonchev–Trinajstić information content (AvgIpc) is 3.78. The molecule has 0 fully saturated rings. The van der Waals surface area contributed by atoms with Crippen molar-refractivity contribution < 1.29 is 4.42 Å². The maximum absolute atomic E-state index is 6.48. The molecule has 0 amide bonds. The van der Waals surface area contributed by atoms with Crippen molar-refractivity contribution in [2.45, 2.75) is 0 Å². The quantitative estimate of drug-likeness (QED) is 0.137. The second kappa shape index (κ2) is 17.2. The van der Waals surface area contributed by atoms with E-state index in [1.165, 1.54) is 38.6 Å². The summed E-state index contributed by atoms with van der Waals surface area (Å²) in [6.45, 7) is 0. The molecule has 0 bridgehead atoms. The van der Waals surface area contributed by atoms with E-state index >= 15 is 0 Å². The molecule has 1 heterocycles. The molecular weight excluding hydrogens is 813 g/mol. The molecule has 3 heteroatoms. The summed E-state index contributed by atoms with van der Waals surface area (Å²) >= 11 is 0. The Morgan fingerprint density at radius 2 is 0.701 bits per heavy atom. The third kappa shape index (κ3) is 7.69. The van der Waals surface area contributed by atoms with Crippen molar-refractivity contribution >= 4 is 66.8 Å². The lowest BCUT2D eigenvalue weighted by Crippen LogP contribution is -2.12. The molecule has 0 saturated carbocycles. The summed E-state index contributed by atoms with van der Waals surface area (Å²) in [6, 6.07) is 95.7. The van der Waals surface area contributed by atoms with Crippen LogP contribution in [0.4, 0.5) is 34.1 Å². The molecule has 11 aromatic carbocycles. The number of nitrogens with zero attached hydrogens (tertiary/aromatic N) is 2. The maximum atomic E-state index is 6.48. The van der Waals surface area contributed by atoms with Crippen molar-refractivity contribution in [2.24, 2.45) is 0 Å². The van der Waals surface area contributed by atoms with Crippen LogP contribution in [0.5, 0.6) is 0 Å². The van der Waals surface area contributed by atoms with Gasteiger partial charge in [0.05, 0.1) is 5.69 Å². The molecule has 12 aromatic rings. The van der Waals surface area contributed by atoms with Gasteiger partial charge in [-0.05, 0) is 129 Å². The van der Waals surface area contributed by atoms with Crippen LogP contribution in [-0.2, 0) is 0 Å². The van der Waals surface area contributed by atoms with E-state index in [1.54, 1.807) is 0 Å². The predicted molar refractivity (Wildman–Crippen MR) is 282 cm³/mol. The van der Waals surface area contributed by atoms with Crippen LogP contribution >= 0.6 is 0 Å². The second-order valence-electron chi connectivity index (χ2n) is 17.0. The molecule has 0 spiro atoms. The normalized spacial score (nSPS) is 11.3. The summed E-state index contributed by atoms with van der Waals surface area (Å²) in [5.74, 6) is 0. The van der Waals surface area contributed by atoms with E-state index in [-0.39, 0.29) is 0 Å². The predicted octanol–water partition coefficient (Wildman–Crippen LogP) is 18.3. The monoisotopic (exact) mass is 856 g/mol. The van der Waals surface area contributed by atoms with Gasteiger partial charge in [-0.15, -0.1) is 0 Å². The van der Waals surface area contributed by atoms with Crippen LogP contribution < -0.4 is 9.80 Å². The Morgan fingerprint density at radius 3 is 1.43 bits per heavy atom. The number of hydrogen-bond donors (Lipinski definition) is 0. The lowest BCUT2D eigenvalue weighted by atomic mass is 9.98. The van der Waals surface area contributed by atoms with E-state index < -0.39 is 0 Å². The highest BCUT2D eigenvalue weighted by Crippen LogP contribution is 2.45. The number of fused-ring (bicyclic) bond motifs is 4. The van der Waals surface area contributed by atoms with Crippen LogP contribution in [0.3, 0.4) is 0 Å². The number of rotatable bonds is 10. The Kier molecular flexibility index (Phi) is 10.2. The summed E-state index contributed by atoms with van der Waals surface area (Å²) < 4.78 is 6.48. The van der Waals surface area contributed by atoms with Gasteiger partial charge in [0.15, 0.2) is 0 Å². The molecule has 0 atom stereocenters. The fourth-order valence-electron chi connectivity index (χ4n) is 9.52. The van der Waals surface area contributed by atoms with Gasteiger partial charge in [0.2, 0.25) is 0 Å². The third-order valence-corrected chi connectivity index (χ3v) is 12.8. The molecule has 316 valence electrons. The summed E-state index contributed by atoms with van der Waals surface area (Å²) in [5, 5.41) is 4.59. The first-order chi connectivity index (χ1) is 33.2. The van der Waals surface area contributed by atoms with Crippen LogP contribution in [-0.4, -0.2) is 0 Å². The van der Waals surface area contributed by atoms with Gasteiger partial charge >= 0.3 is 0 Å². The lowest BCUT2D eigenvalue weighted by Gasteiger charge is -2.29. The first-order valence-corrected chi connectivity index (χ1v) is 22.8. The first-order valence-electron chi connectivity index (χ1n) is 22.8. The van der Waals surface area contributed by atoms with Gasteiger partial charge in [-0.2, -0.15) is 0 Å². The highest BCUT2D eigenvalue weighted by atomic mass is 16.3. The summed E-state index contributed by atoms with van der Waals surface area (Å²) in [4.78, 5) is 4.75. The Morgan fingerprint density at radius 1 is 0.239 bits per heavy atom. The van der Waals surface area contributed by atoms with Gasteiger partial charge < -0.3 is 14.2 Å². The minimum atomic E-state index is 0.852. The molecule has 0 saturated heterocycles. The van der Waals surface area contributed by atoms with Crippen LogP contribution in [0.1, 0.15) is 0 Å². The zero-order valence-corrected chi connectivity index (χ0v) is 36.7. The van der Waals surface area contributed by atoms with Crippen molar-refractivity contribution in [1.82, 2.24) is 0 Å². The smallest absolute Gasteiger partial charge is 0.137 e. The van der Waals surface area contributed by atoms with Crippen LogP contribution in [0.2, 0.25) is 0 Å². The molecule has 1 aromatic heterocycles. The van der Waals surface area contributed by atoms with Gasteiger partial charge in [-0.25, -0.2) is 0 Å². The number of anilines is 6. The van der Waals surface area contributed by atoms with Crippen molar-refractivity contribution in [2.75, 3.05) is 9.80 Å². The van der Waals surface area contributed by atoms with E-state index in [4.69, 9.17) is 4.42 Å². The SMILES string of the molecule is c1ccc(-c2ccc(N(c3ccc4cc(-c5ccccc5)ccc4c3)c3ccccc3-c3cccc(N(c4cccc(-c5ccccc5)c4)c4ccc5c(c4)oc4ccccc45)c3)cc2)cc1. The highest BCUT2D eigenvalue weighted by molar-refractivity contribution is 6.06. The molecule has 0 radical (unpaired) electrons. The van der Waals surface area contributed by atoms with E-state index in [0.29, 0.717) is 0 Å². The van der Waals surface area contributed by atoms with Crippen molar-refractivity contribution in [3.8, 4) is 44.5 Å². The summed E-state index contributed by atoms with van der Waals surface area (Å²) in [5.41, 5.74) is 17.4. The molecule has 12 rings (SSSR count). The van der Waals surface area contributed by atoms with E-state index in [9.17, 15) is 0 Å². The van der Waals surface area contributed by atoms with E-state index in [1.807, 2.05) is 12.1 Å². The fraction of sp³-hybridized carbons (Fsp3) is 0. The topological polar surface area (TPSA) is 19.6 Å². The number of furan rings is 1. The molecule has 0 aliphatic rings. The van der Waals surface area contributed by atoms with Crippen molar-refractivity contribution in [3.63, 3.8) is 0 Å². The Bertz CT molecular complexity index is 3690. The van der Waals surface area contributed by atoms with E-state index in [2.05, 4.69) is 265 Å². The maximum Gasteiger partial charge on any atom is 0.137 e. The van der Waals surface area contributed by atoms with Crippen molar-refractivity contribution in [3.05, 3.63) is 267 Å². The minimum Gasteiger partial charge on any atom is -0.456 e. The standard InChI is InChI=1S/C64H44N2O/c1-4-16-45(17-5-1)48-32-35-54(36-33-48)66(57-37-34-51-40-50(30-31-52(51)42-57)47-20-8-3-9-21-47)62-28-12-10-26-59(62)53-23-15-25-56(43-53)65(55-24-14-22-49(41-55)46-18-6-2-7-19-46)58-38-39-61-60-27-11-13-29-63(60)67-64(61)44-58/h1-44H. The third-order valence-electron chi connectivity index (χ3n) is 12.8. The molecule has 67 heavy (non-hydrogen) atoms. The van der Waals surface area contributed by atoms with Gasteiger partial charge in [0.1, 0.15) is 11.2 Å². The fourth-order valence-corrected chi connectivity index (χ4v) is 9.52. The van der Waals surface area contributed by atoms with Crippen LogP contribution in [0.25, 0.3) is 77.2 Å². The van der Waals surface area contributed by atoms with Gasteiger partial charge in [0.25, 0.3) is 0 Å². The molecule has 0 aliphatic heterocycles. The van der Waals surface area contributed by atoms with E-state index in [0.717, 1.165) is 72.8 Å². The van der Waals surface area contributed by atoms with Crippen LogP contribution in [0.15, 0.2) is 271 Å². The highest BCUT2D eigenvalue weighted by Gasteiger charge is 2.21. The molecule has 3 nitrogen and oxygen atoms in total. The first kappa shape index (κ1) is 39.7. The zero-order chi connectivity index (χ0) is 44.5. The van der Waals surface area contributed by atoms with Gasteiger partial charge in [-0.1, -0.05) is 182 Å². The summed E-state index contributed by atoms with van der Waals surface area (Å²) in [6.07, 6.45) is 0. The lowest BCUT2D eigenvalue weighted by molar-refractivity contribution is 0.669. The second-order valence-corrected chi connectivity index (χ2v) is 17.0. The Balaban J connectivity index is 1.000. The molecule has 0 aliphatic carbocycles. The number of para-hydroxylation sites is 2. The molecule has 0 unspecified atom stereocenters. The Labute approximate surface area is 390 Å². The zero-order valence-electron chi connectivity index (χ0n) is 36.7. The van der Waals surface area contributed by atoms with Crippen LogP contribution in [0, 0.1) is 0 Å². The number of hydrogen-bond acceptors (Lipinski definition) is 3. The average molecular weight is 857 g/mol. The Hall–Kier alpha value is -8.92. The van der Waals surface area contributed by atoms with Crippen molar-refractivity contribution in [1.29, 1.82) is 0 Å².